The molecule has 3 heteroatoms. The summed E-state index contributed by atoms with van der Waals surface area (Å²) in [5.41, 5.74) is 7.89. The van der Waals surface area contributed by atoms with Crippen LogP contribution < -0.4 is 5.73 Å². The van der Waals surface area contributed by atoms with E-state index >= 15 is 0 Å². The number of nitrogens with zero attached hydrogens (tertiary/aromatic N) is 1. The molecule has 0 fully saturated rings. The van der Waals surface area contributed by atoms with Crippen LogP contribution >= 0.6 is 11.8 Å². The van der Waals surface area contributed by atoms with E-state index in [-0.39, 0.29) is 0 Å². The van der Waals surface area contributed by atoms with E-state index in [2.05, 4.69) is 47.4 Å². The van der Waals surface area contributed by atoms with Crippen LogP contribution in [0.25, 0.3) is 10.8 Å². The number of anilines is 1. The number of aryl methyl sites for hydroxylation is 1. The SMILES string of the molecule is Cc1ccnc(Sc2ccc3ccccc3c2)c1N. The molecule has 2 aromatic carbocycles. The van der Waals surface area contributed by atoms with E-state index in [4.69, 9.17) is 5.73 Å². The molecule has 19 heavy (non-hydrogen) atoms. The van der Waals surface area contributed by atoms with Crippen molar-refractivity contribution in [3.8, 4) is 0 Å². The lowest BCUT2D eigenvalue weighted by Gasteiger charge is -2.07. The molecule has 0 bridgehead atoms. The fourth-order valence-corrected chi connectivity index (χ4v) is 2.90. The Morgan fingerprint density at radius 3 is 2.63 bits per heavy atom. The maximum absolute atomic E-state index is 6.06. The zero-order valence-corrected chi connectivity index (χ0v) is 11.4. The summed E-state index contributed by atoms with van der Waals surface area (Å²) in [6.07, 6.45) is 1.80. The first-order valence-corrected chi connectivity index (χ1v) is 6.93. The van der Waals surface area contributed by atoms with Gasteiger partial charge in [0.15, 0.2) is 0 Å². The fourth-order valence-electron chi connectivity index (χ4n) is 1.97. The Bertz CT molecular complexity index is 738. The second-order valence-electron chi connectivity index (χ2n) is 4.46. The minimum Gasteiger partial charge on any atom is -0.396 e. The number of fused-ring (bicyclic) bond motifs is 1. The van der Waals surface area contributed by atoms with Gasteiger partial charge in [0.05, 0.1) is 5.69 Å². The van der Waals surface area contributed by atoms with Crippen molar-refractivity contribution in [2.24, 2.45) is 0 Å². The van der Waals surface area contributed by atoms with Crippen molar-refractivity contribution in [1.82, 2.24) is 4.98 Å². The van der Waals surface area contributed by atoms with Crippen molar-refractivity contribution in [1.29, 1.82) is 0 Å². The van der Waals surface area contributed by atoms with E-state index in [0.717, 1.165) is 21.2 Å². The quantitative estimate of drug-likeness (QED) is 0.752. The molecule has 0 saturated heterocycles. The normalized spacial score (nSPS) is 10.8. The molecule has 0 spiro atoms. The number of pyridine rings is 1. The van der Waals surface area contributed by atoms with Gasteiger partial charge in [-0.1, -0.05) is 42.1 Å². The molecular weight excluding hydrogens is 252 g/mol. The molecule has 0 radical (unpaired) electrons. The van der Waals surface area contributed by atoms with Gasteiger partial charge in [-0.25, -0.2) is 4.98 Å². The first kappa shape index (κ1) is 12.1. The zero-order valence-electron chi connectivity index (χ0n) is 10.6. The molecule has 0 unspecified atom stereocenters. The van der Waals surface area contributed by atoms with Gasteiger partial charge in [0.25, 0.3) is 0 Å². The van der Waals surface area contributed by atoms with Gasteiger partial charge in [0.2, 0.25) is 0 Å². The van der Waals surface area contributed by atoms with Gasteiger partial charge in [0, 0.05) is 11.1 Å². The summed E-state index contributed by atoms with van der Waals surface area (Å²) < 4.78 is 0. The molecule has 3 aromatic rings. The molecule has 94 valence electrons. The number of hydrogen-bond acceptors (Lipinski definition) is 3. The summed E-state index contributed by atoms with van der Waals surface area (Å²) in [6, 6.07) is 16.7. The highest BCUT2D eigenvalue weighted by Crippen LogP contribution is 2.33. The number of nitrogen functional groups attached to an aromatic ring is 1. The number of rotatable bonds is 2. The monoisotopic (exact) mass is 266 g/mol. The molecule has 0 amide bonds. The Kier molecular flexibility index (Phi) is 3.13. The highest BCUT2D eigenvalue weighted by atomic mass is 32.2. The number of nitrogens with two attached hydrogens (primary N) is 1. The summed E-state index contributed by atoms with van der Waals surface area (Å²) in [5, 5.41) is 3.35. The standard InChI is InChI=1S/C16H14N2S/c1-11-8-9-18-16(15(11)17)19-14-7-6-12-4-2-3-5-13(12)10-14/h2-10H,17H2,1H3. The maximum Gasteiger partial charge on any atom is 0.124 e. The Balaban J connectivity index is 1.99. The summed E-state index contributed by atoms with van der Waals surface area (Å²) >= 11 is 1.61. The minimum atomic E-state index is 0.764. The Hall–Kier alpha value is -2.00. The average molecular weight is 266 g/mol. The third kappa shape index (κ3) is 2.42. The van der Waals surface area contributed by atoms with Crippen molar-refractivity contribution in [3.05, 3.63) is 60.3 Å². The average Bonchev–Trinajstić information content (AvgIpc) is 2.44. The van der Waals surface area contributed by atoms with Gasteiger partial charge in [-0.05, 0) is 41.5 Å². The summed E-state index contributed by atoms with van der Waals surface area (Å²) in [5.74, 6) is 0. The Morgan fingerprint density at radius 1 is 1.00 bits per heavy atom. The van der Waals surface area contributed by atoms with Crippen LogP contribution in [0.3, 0.4) is 0 Å². The zero-order chi connectivity index (χ0) is 13.2. The molecule has 0 aliphatic heterocycles. The van der Waals surface area contributed by atoms with E-state index in [0.29, 0.717) is 0 Å². The lowest BCUT2D eigenvalue weighted by Crippen LogP contribution is -1.94. The number of benzene rings is 2. The summed E-state index contributed by atoms with van der Waals surface area (Å²) in [4.78, 5) is 5.51. The van der Waals surface area contributed by atoms with Crippen LogP contribution in [0.5, 0.6) is 0 Å². The molecule has 2 nitrogen and oxygen atoms in total. The molecular formula is C16H14N2S. The number of hydrogen-bond donors (Lipinski definition) is 1. The van der Waals surface area contributed by atoms with Crippen molar-refractivity contribution >= 4 is 28.2 Å². The summed E-state index contributed by atoms with van der Waals surface area (Å²) in [6.45, 7) is 2.00. The van der Waals surface area contributed by atoms with E-state index in [1.54, 1.807) is 18.0 Å². The van der Waals surface area contributed by atoms with E-state index in [9.17, 15) is 0 Å². The smallest absolute Gasteiger partial charge is 0.124 e. The third-order valence-corrected chi connectivity index (χ3v) is 4.12. The topological polar surface area (TPSA) is 38.9 Å². The maximum atomic E-state index is 6.06. The van der Waals surface area contributed by atoms with Crippen molar-refractivity contribution in [2.75, 3.05) is 5.73 Å². The Labute approximate surface area is 116 Å². The molecule has 0 saturated carbocycles. The predicted octanol–water partition coefficient (Wildman–Crippen LogP) is 4.28. The lowest BCUT2D eigenvalue weighted by atomic mass is 10.1. The highest BCUT2D eigenvalue weighted by Gasteiger charge is 2.06. The third-order valence-electron chi connectivity index (χ3n) is 3.11. The molecule has 1 aromatic heterocycles. The largest absolute Gasteiger partial charge is 0.396 e. The molecule has 1 heterocycles. The summed E-state index contributed by atoms with van der Waals surface area (Å²) in [7, 11) is 0. The van der Waals surface area contributed by atoms with Gasteiger partial charge in [0.1, 0.15) is 5.03 Å². The second-order valence-corrected chi connectivity index (χ2v) is 5.52. The van der Waals surface area contributed by atoms with E-state index in [1.165, 1.54) is 10.8 Å². The lowest BCUT2D eigenvalue weighted by molar-refractivity contribution is 1.12. The molecule has 3 rings (SSSR count). The van der Waals surface area contributed by atoms with Crippen LogP contribution in [0.15, 0.2) is 64.6 Å². The van der Waals surface area contributed by atoms with Gasteiger partial charge in [-0.3, -0.25) is 0 Å². The van der Waals surface area contributed by atoms with Gasteiger partial charge < -0.3 is 5.73 Å². The Morgan fingerprint density at radius 2 is 1.79 bits per heavy atom. The molecule has 0 atom stereocenters. The molecule has 2 N–H and O–H groups in total. The molecule has 0 aliphatic carbocycles. The van der Waals surface area contributed by atoms with Crippen molar-refractivity contribution < 1.29 is 0 Å². The van der Waals surface area contributed by atoms with Crippen molar-refractivity contribution in [2.45, 2.75) is 16.8 Å². The van der Waals surface area contributed by atoms with Gasteiger partial charge in [-0.15, -0.1) is 0 Å². The fraction of sp³-hybridized carbons (Fsp3) is 0.0625. The van der Waals surface area contributed by atoms with Crippen molar-refractivity contribution in [3.63, 3.8) is 0 Å². The van der Waals surface area contributed by atoms with Crippen LogP contribution in [-0.2, 0) is 0 Å². The first-order valence-electron chi connectivity index (χ1n) is 6.12. The van der Waals surface area contributed by atoms with E-state index < -0.39 is 0 Å². The minimum absolute atomic E-state index is 0.764. The van der Waals surface area contributed by atoms with E-state index in [1.807, 2.05) is 13.0 Å². The van der Waals surface area contributed by atoms with Crippen LogP contribution in [-0.4, -0.2) is 4.98 Å². The predicted molar refractivity (Wildman–Crippen MR) is 81.5 cm³/mol. The van der Waals surface area contributed by atoms with Crippen LogP contribution in [0.4, 0.5) is 5.69 Å². The van der Waals surface area contributed by atoms with Gasteiger partial charge in [-0.2, -0.15) is 0 Å². The van der Waals surface area contributed by atoms with Crippen LogP contribution in [0.1, 0.15) is 5.56 Å². The second kappa shape index (κ2) is 4.94. The van der Waals surface area contributed by atoms with Gasteiger partial charge >= 0.3 is 0 Å². The molecule has 0 aliphatic rings. The number of aromatic nitrogens is 1. The highest BCUT2D eigenvalue weighted by molar-refractivity contribution is 7.99. The van der Waals surface area contributed by atoms with Crippen LogP contribution in [0, 0.1) is 6.92 Å². The first-order chi connectivity index (χ1) is 9.24. The van der Waals surface area contributed by atoms with Crippen LogP contribution in [0.2, 0.25) is 0 Å².